The summed E-state index contributed by atoms with van der Waals surface area (Å²) in [5.41, 5.74) is 0. The monoisotopic (exact) mass is 404 g/mol. The van der Waals surface area contributed by atoms with E-state index in [1.54, 1.807) is 0 Å². The van der Waals surface area contributed by atoms with Crippen LogP contribution in [-0.2, 0) is 19.0 Å². The molecule has 3 fully saturated rings. The zero-order chi connectivity index (χ0) is 17.7. The molecule has 1 aliphatic heterocycles. The van der Waals surface area contributed by atoms with Gasteiger partial charge in [-0.2, -0.15) is 0 Å². The summed E-state index contributed by atoms with van der Waals surface area (Å²) in [6.45, 7) is 0. The zero-order valence-corrected chi connectivity index (χ0v) is 14.9. The molecule has 1 heterocycles. The zero-order valence-electron chi connectivity index (χ0n) is 12.6. The predicted octanol–water partition coefficient (Wildman–Crippen LogP) is 0.809. The van der Waals surface area contributed by atoms with E-state index in [4.69, 9.17) is 49.0 Å². The van der Waals surface area contributed by atoms with Crippen LogP contribution < -0.4 is 0 Å². The fraction of sp³-hybridized carbons (Fsp3) is 0.929. The number of alkyl halides is 3. The van der Waals surface area contributed by atoms with Crippen molar-refractivity contribution in [1.82, 2.24) is 0 Å². The van der Waals surface area contributed by atoms with Crippen molar-refractivity contribution in [2.24, 2.45) is 0 Å². The van der Waals surface area contributed by atoms with Gasteiger partial charge in [0, 0.05) is 12.8 Å². The number of halogens is 3. The summed E-state index contributed by atoms with van der Waals surface area (Å²) < 4.78 is 14.6. The topological polar surface area (TPSA) is 105 Å². The molecule has 1 saturated heterocycles. The normalized spacial score (nSPS) is 41.9. The number of hydrogen-bond acceptors (Lipinski definition) is 7. The van der Waals surface area contributed by atoms with Crippen molar-refractivity contribution in [2.75, 3.05) is 0 Å². The van der Waals surface area contributed by atoms with Crippen molar-refractivity contribution in [3.63, 3.8) is 0 Å². The molecule has 0 aromatic heterocycles. The SMILES string of the molecule is O=C(OC1C(O)C(O)C(O)C2OC3(CCCCC3)OC12)C(Cl)(Cl)Cl. The molecule has 2 aliphatic carbocycles. The van der Waals surface area contributed by atoms with Crippen molar-refractivity contribution in [3.05, 3.63) is 0 Å². The summed E-state index contributed by atoms with van der Waals surface area (Å²) in [6, 6.07) is 0. The van der Waals surface area contributed by atoms with Crippen LogP contribution in [0.4, 0.5) is 0 Å². The Labute approximate surface area is 153 Å². The third-order valence-corrected chi connectivity index (χ3v) is 5.28. The van der Waals surface area contributed by atoms with Gasteiger partial charge in [0.1, 0.15) is 30.5 Å². The molecule has 0 amide bonds. The van der Waals surface area contributed by atoms with Gasteiger partial charge in [0.15, 0.2) is 11.9 Å². The summed E-state index contributed by atoms with van der Waals surface area (Å²) in [5, 5.41) is 30.5. The maximum Gasteiger partial charge on any atom is 0.359 e. The first-order valence-electron chi connectivity index (χ1n) is 7.82. The molecule has 0 radical (unpaired) electrons. The molecule has 6 atom stereocenters. The van der Waals surface area contributed by atoms with Crippen molar-refractivity contribution in [3.8, 4) is 0 Å². The number of hydrogen-bond donors (Lipinski definition) is 3. The lowest BCUT2D eigenvalue weighted by Gasteiger charge is -2.40. The predicted molar refractivity (Wildman–Crippen MR) is 83.8 cm³/mol. The molecule has 2 saturated carbocycles. The van der Waals surface area contributed by atoms with Gasteiger partial charge in [-0.15, -0.1) is 0 Å². The Balaban J connectivity index is 1.83. The second kappa shape index (κ2) is 6.70. The van der Waals surface area contributed by atoms with Crippen LogP contribution in [0.3, 0.4) is 0 Å². The first kappa shape index (κ1) is 18.9. The van der Waals surface area contributed by atoms with Crippen molar-refractivity contribution in [2.45, 2.75) is 78.3 Å². The van der Waals surface area contributed by atoms with Gasteiger partial charge in [-0.05, 0) is 12.8 Å². The number of ether oxygens (including phenoxy) is 3. The van der Waals surface area contributed by atoms with Crippen LogP contribution in [-0.4, -0.2) is 67.5 Å². The lowest BCUT2D eigenvalue weighted by Crippen LogP contribution is -2.64. The average molecular weight is 406 g/mol. The molecule has 6 unspecified atom stereocenters. The van der Waals surface area contributed by atoms with E-state index < -0.39 is 52.2 Å². The van der Waals surface area contributed by atoms with E-state index in [2.05, 4.69) is 0 Å². The number of aliphatic hydroxyl groups excluding tert-OH is 3. The molecule has 3 N–H and O–H groups in total. The summed E-state index contributed by atoms with van der Waals surface area (Å²) in [5.74, 6) is -2.12. The van der Waals surface area contributed by atoms with E-state index in [1.807, 2.05) is 0 Å². The molecule has 7 nitrogen and oxygen atoms in total. The number of fused-ring (bicyclic) bond motifs is 1. The number of carbonyl (C=O) groups excluding carboxylic acids is 1. The highest BCUT2D eigenvalue weighted by Crippen LogP contribution is 2.46. The largest absolute Gasteiger partial charge is 0.453 e. The molecular weight excluding hydrogens is 387 g/mol. The Morgan fingerprint density at radius 1 is 0.958 bits per heavy atom. The van der Waals surface area contributed by atoms with Crippen molar-refractivity contribution in [1.29, 1.82) is 0 Å². The van der Waals surface area contributed by atoms with Gasteiger partial charge in [0.2, 0.25) is 0 Å². The number of carbonyl (C=O) groups is 1. The molecule has 10 heteroatoms. The molecule has 24 heavy (non-hydrogen) atoms. The molecular formula is C14H19Cl3O7. The number of rotatable bonds is 1. The van der Waals surface area contributed by atoms with Gasteiger partial charge in [0.25, 0.3) is 3.79 Å². The van der Waals surface area contributed by atoms with Crippen LogP contribution in [0, 0.1) is 0 Å². The fourth-order valence-corrected chi connectivity index (χ4v) is 3.75. The summed E-state index contributed by atoms with van der Waals surface area (Å²) in [4.78, 5) is 11.9. The van der Waals surface area contributed by atoms with Crippen molar-refractivity contribution < 1.29 is 34.3 Å². The summed E-state index contributed by atoms with van der Waals surface area (Å²) in [6.07, 6.45) is -3.74. The molecule has 3 rings (SSSR count). The molecule has 0 bridgehead atoms. The van der Waals surface area contributed by atoms with Gasteiger partial charge in [-0.25, -0.2) is 4.79 Å². The van der Waals surface area contributed by atoms with Crippen LogP contribution in [0.25, 0.3) is 0 Å². The van der Waals surface area contributed by atoms with E-state index in [9.17, 15) is 20.1 Å². The fourth-order valence-electron chi connectivity index (χ4n) is 3.61. The number of esters is 1. The van der Waals surface area contributed by atoms with Crippen LogP contribution in [0.5, 0.6) is 0 Å². The quantitative estimate of drug-likeness (QED) is 0.438. The van der Waals surface area contributed by atoms with E-state index in [-0.39, 0.29) is 0 Å². The Bertz CT molecular complexity index is 491. The molecule has 1 spiro atoms. The van der Waals surface area contributed by atoms with E-state index in [1.165, 1.54) is 0 Å². The van der Waals surface area contributed by atoms with Crippen LogP contribution in [0.2, 0.25) is 0 Å². The Morgan fingerprint density at radius 3 is 2.12 bits per heavy atom. The standard InChI is InChI=1S/C14H19Cl3O7/c15-14(16,17)12(21)22-9-7(19)6(18)8(20)10-11(9)24-13(23-10)4-2-1-3-5-13/h6-11,18-20H,1-5H2. The highest BCUT2D eigenvalue weighted by Gasteiger charge is 2.61. The molecule has 0 aromatic carbocycles. The molecule has 0 aromatic rings. The minimum Gasteiger partial charge on any atom is -0.453 e. The Hall–Kier alpha value is 0.140. The first-order chi connectivity index (χ1) is 11.1. The average Bonchev–Trinajstić information content (AvgIpc) is 2.88. The Kier molecular flexibility index (Phi) is 5.28. The van der Waals surface area contributed by atoms with Gasteiger partial charge in [-0.1, -0.05) is 41.2 Å². The third kappa shape index (κ3) is 3.38. The van der Waals surface area contributed by atoms with Crippen LogP contribution >= 0.6 is 34.8 Å². The molecule has 138 valence electrons. The van der Waals surface area contributed by atoms with Crippen LogP contribution in [0.15, 0.2) is 0 Å². The lowest BCUT2D eigenvalue weighted by atomic mass is 9.85. The van der Waals surface area contributed by atoms with Crippen LogP contribution in [0.1, 0.15) is 32.1 Å². The Morgan fingerprint density at radius 2 is 1.54 bits per heavy atom. The van der Waals surface area contributed by atoms with Gasteiger partial charge < -0.3 is 29.5 Å². The van der Waals surface area contributed by atoms with E-state index in [0.717, 1.165) is 19.3 Å². The minimum atomic E-state index is -2.34. The molecule has 3 aliphatic rings. The third-order valence-electron chi connectivity index (χ3n) is 4.81. The minimum absolute atomic E-state index is 0.615. The van der Waals surface area contributed by atoms with Crippen molar-refractivity contribution >= 4 is 40.8 Å². The first-order valence-corrected chi connectivity index (χ1v) is 8.96. The summed E-state index contributed by atoms with van der Waals surface area (Å²) in [7, 11) is 0. The van der Waals surface area contributed by atoms with Gasteiger partial charge in [-0.3, -0.25) is 0 Å². The highest BCUT2D eigenvalue weighted by molar-refractivity contribution is 6.75. The second-order valence-corrected chi connectivity index (χ2v) is 8.76. The smallest absolute Gasteiger partial charge is 0.359 e. The summed E-state index contributed by atoms with van der Waals surface area (Å²) >= 11 is 16.5. The maximum atomic E-state index is 11.9. The lowest BCUT2D eigenvalue weighted by molar-refractivity contribution is -0.211. The van der Waals surface area contributed by atoms with Gasteiger partial charge >= 0.3 is 5.97 Å². The van der Waals surface area contributed by atoms with E-state index in [0.29, 0.717) is 12.8 Å². The number of aliphatic hydroxyl groups is 3. The highest BCUT2D eigenvalue weighted by atomic mass is 35.6. The van der Waals surface area contributed by atoms with E-state index >= 15 is 0 Å². The van der Waals surface area contributed by atoms with Gasteiger partial charge in [0.05, 0.1) is 0 Å². The maximum absolute atomic E-state index is 11.9. The second-order valence-electron chi connectivity index (χ2n) is 6.48.